The Morgan fingerprint density at radius 3 is 2.54 bits per heavy atom. The summed E-state index contributed by atoms with van der Waals surface area (Å²) < 4.78 is 27.7. The van der Waals surface area contributed by atoms with E-state index in [4.69, 9.17) is 11.6 Å². The second-order valence-corrected chi connectivity index (χ2v) is 9.01. The van der Waals surface area contributed by atoms with Gasteiger partial charge < -0.3 is 5.32 Å². The lowest BCUT2D eigenvalue weighted by atomic mass is 10.2. The molecule has 140 valence electrons. The highest BCUT2D eigenvalue weighted by molar-refractivity contribution is 9.10. The molecule has 26 heavy (non-hydrogen) atoms. The second-order valence-electron chi connectivity index (χ2n) is 5.78. The number of halogens is 2. The van der Waals surface area contributed by atoms with Crippen molar-refractivity contribution in [3.05, 3.63) is 57.5 Å². The molecule has 0 aliphatic carbocycles. The van der Waals surface area contributed by atoms with Crippen LogP contribution in [0.15, 0.2) is 51.8 Å². The van der Waals surface area contributed by atoms with Gasteiger partial charge in [0.05, 0.1) is 11.6 Å². The summed E-state index contributed by atoms with van der Waals surface area (Å²) in [6.45, 7) is 3.66. The molecule has 5 nitrogen and oxygen atoms in total. The molecule has 0 bridgehead atoms. The van der Waals surface area contributed by atoms with Gasteiger partial charge in [0, 0.05) is 16.7 Å². The number of aryl methyl sites for hydroxylation is 1. The minimum Gasteiger partial charge on any atom is -0.325 e. The molecule has 0 saturated carbocycles. The van der Waals surface area contributed by atoms with E-state index in [9.17, 15) is 13.2 Å². The number of hydrogen-bond donors (Lipinski definition) is 1. The third kappa shape index (κ3) is 5.07. The van der Waals surface area contributed by atoms with Crippen molar-refractivity contribution in [2.75, 3.05) is 18.4 Å². The summed E-state index contributed by atoms with van der Waals surface area (Å²) >= 11 is 9.37. The summed E-state index contributed by atoms with van der Waals surface area (Å²) in [6, 6.07) is 11.9. The molecule has 1 N–H and O–H groups in total. The smallest absolute Gasteiger partial charge is 0.245 e. The average Bonchev–Trinajstić information content (AvgIpc) is 2.56. The van der Waals surface area contributed by atoms with Crippen molar-refractivity contribution >= 4 is 49.1 Å². The number of amides is 1. The van der Waals surface area contributed by atoms with E-state index in [0.717, 1.165) is 9.87 Å². The van der Waals surface area contributed by atoms with Crippen molar-refractivity contribution in [2.45, 2.75) is 25.2 Å². The number of carbonyl (C=O) groups is 1. The van der Waals surface area contributed by atoms with Gasteiger partial charge in [0.25, 0.3) is 0 Å². The standard InChI is InChI=1S/C18H20BrClN2O3S/c1-3-10-22(12-18(23)21-16-7-5-4-6-13(16)2)26(24,25)17-9-8-14(19)11-15(17)20/h4-9,11H,3,10,12H2,1-2H3,(H,21,23). The first-order chi connectivity index (χ1) is 12.3. The van der Waals surface area contributed by atoms with E-state index < -0.39 is 15.9 Å². The van der Waals surface area contributed by atoms with E-state index in [1.165, 1.54) is 12.1 Å². The zero-order chi connectivity index (χ0) is 19.3. The molecule has 8 heteroatoms. The van der Waals surface area contributed by atoms with Crippen molar-refractivity contribution in [1.29, 1.82) is 0 Å². The summed E-state index contributed by atoms with van der Waals surface area (Å²) in [4.78, 5) is 12.4. The van der Waals surface area contributed by atoms with Crippen LogP contribution in [-0.2, 0) is 14.8 Å². The summed E-state index contributed by atoms with van der Waals surface area (Å²) in [5.74, 6) is -0.399. The van der Waals surface area contributed by atoms with Gasteiger partial charge in [-0.05, 0) is 43.2 Å². The third-order valence-electron chi connectivity index (χ3n) is 3.72. The van der Waals surface area contributed by atoms with E-state index in [0.29, 0.717) is 16.6 Å². The van der Waals surface area contributed by atoms with Gasteiger partial charge in [0.2, 0.25) is 15.9 Å². The Labute approximate surface area is 167 Å². The monoisotopic (exact) mass is 458 g/mol. The summed E-state index contributed by atoms with van der Waals surface area (Å²) in [5.41, 5.74) is 1.56. The number of para-hydroxylation sites is 1. The van der Waals surface area contributed by atoms with Crippen LogP contribution >= 0.6 is 27.5 Å². The highest BCUT2D eigenvalue weighted by Crippen LogP contribution is 2.28. The van der Waals surface area contributed by atoms with Crippen molar-refractivity contribution < 1.29 is 13.2 Å². The maximum absolute atomic E-state index is 13.0. The fourth-order valence-electron chi connectivity index (χ4n) is 2.42. The molecule has 0 unspecified atom stereocenters. The van der Waals surface area contributed by atoms with E-state index >= 15 is 0 Å². The molecule has 0 spiro atoms. The molecule has 0 aliphatic heterocycles. The van der Waals surface area contributed by atoms with Crippen LogP contribution in [0.2, 0.25) is 5.02 Å². The first-order valence-electron chi connectivity index (χ1n) is 8.06. The average molecular weight is 460 g/mol. The number of rotatable bonds is 7. The fourth-order valence-corrected chi connectivity index (χ4v) is 4.92. The van der Waals surface area contributed by atoms with Crippen molar-refractivity contribution in [3.63, 3.8) is 0 Å². The molecule has 0 aromatic heterocycles. The quantitative estimate of drug-likeness (QED) is 0.665. The van der Waals surface area contributed by atoms with Crippen LogP contribution in [0.25, 0.3) is 0 Å². The van der Waals surface area contributed by atoms with E-state index in [1.54, 1.807) is 12.1 Å². The van der Waals surface area contributed by atoms with Crippen LogP contribution in [-0.4, -0.2) is 31.7 Å². The maximum atomic E-state index is 13.0. The topological polar surface area (TPSA) is 66.5 Å². The lowest BCUT2D eigenvalue weighted by Gasteiger charge is -2.22. The van der Waals surface area contributed by atoms with Gasteiger partial charge in [0.15, 0.2) is 0 Å². The molecule has 2 rings (SSSR count). The first kappa shape index (κ1) is 20.9. The number of sulfonamides is 1. The number of anilines is 1. The molecule has 2 aromatic rings. The lowest BCUT2D eigenvalue weighted by molar-refractivity contribution is -0.116. The molecule has 0 atom stereocenters. The molecule has 1 amide bonds. The van der Waals surface area contributed by atoms with Crippen LogP contribution in [0.4, 0.5) is 5.69 Å². The summed E-state index contributed by atoms with van der Waals surface area (Å²) in [6.07, 6.45) is 0.574. The van der Waals surface area contributed by atoms with Gasteiger partial charge in [-0.1, -0.05) is 52.7 Å². The van der Waals surface area contributed by atoms with Crippen molar-refractivity contribution in [2.24, 2.45) is 0 Å². The van der Waals surface area contributed by atoms with E-state index in [1.807, 2.05) is 32.0 Å². The summed E-state index contributed by atoms with van der Waals surface area (Å²) in [7, 11) is -3.89. The second kappa shape index (κ2) is 8.99. The van der Waals surface area contributed by atoms with Gasteiger partial charge in [-0.15, -0.1) is 0 Å². The molecule has 0 aliphatic rings. The molecule has 2 aromatic carbocycles. The SMILES string of the molecule is CCCN(CC(=O)Nc1ccccc1C)S(=O)(=O)c1ccc(Br)cc1Cl. The van der Waals surface area contributed by atoms with Crippen molar-refractivity contribution in [1.82, 2.24) is 4.31 Å². The molecular weight excluding hydrogens is 440 g/mol. The van der Waals surface area contributed by atoms with Crippen LogP contribution in [0, 0.1) is 6.92 Å². The largest absolute Gasteiger partial charge is 0.325 e. The normalized spacial score (nSPS) is 11.6. The van der Waals surface area contributed by atoms with E-state index in [2.05, 4.69) is 21.2 Å². The van der Waals surface area contributed by atoms with Crippen LogP contribution in [0.5, 0.6) is 0 Å². The minimum absolute atomic E-state index is 0.0143. The highest BCUT2D eigenvalue weighted by Gasteiger charge is 2.28. The summed E-state index contributed by atoms with van der Waals surface area (Å²) in [5, 5.41) is 2.87. The minimum atomic E-state index is -3.89. The zero-order valence-electron chi connectivity index (χ0n) is 14.5. The van der Waals surface area contributed by atoms with Gasteiger partial charge in [0.1, 0.15) is 4.90 Å². The number of hydrogen-bond acceptors (Lipinski definition) is 3. The predicted molar refractivity (Wildman–Crippen MR) is 108 cm³/mol. The van der Waals surface area contributed by atoms with Gasteiger partial charge in [-0.2, -0.15) is 4.31 Å². The fraction of sp³-hybridized carbons (Fsp3) is 0.278. The molecule has 0 saturated heterocycles. The Hall–Kier alpha value is -1.41. The molecule has 0 fully saturated rings. The highest BCUT2D eigenvalue weighted by atomic mass is 79.9. The number of nitrogens with one attached hydrogen (secondary N) is 1. The number of carbonyl (C=O) groups excluding carboxylic acids is 1. The van der Waals surface area contributed by atoms with Gasteiger partial charge in [-0.3, -0.25) is 4.79 Å². The Morgan fingerprint density at radius 1 is 1.23 bits per heavy atom. The van der Waals surface area contributed by atoms with Crippen LogP contribution in [0.1, 0.15) is 18.9 Å². The lowest BCUT2D eigenvalue weighted by Crippen LogP contribution is -2.38. The molecule has 0 heterocycles. The number of nitrogens with zero attached hydrogens (tertiary/aromatic N) is 1. The van der Waals surface area contributed by atoms with Gasteiger partial charge in [-0.25, -0.2) is 8.42 Å². The Bertz CT molecular complexity index is 903. The van der Waals surface area contributed by atoms with Gasteiger partial charge >= 0.3 is 0 Å². The third-order valence-corrected chi connectivity index (χ3v) is 6.55. The number of benzene rings is 2. The molecular formula is C18H20BrClN2O3S. The van der Waals surface area contributed by atoms with Crippen LogP contribution < -0.4 is 5.32 Å². The Kier molecular flexibility index (Phi) is 7.23. The Morgan fingerprint density at radius 2 is 1.92 bits per heavy atom. The van der Waals surface area contributed by atoms with Crippen LogP contribution in [0.3, 0.4) is 0 Å². The maximum Gasteiger partial charge on any atom is 0.245 e. The zero-order valence-corrected chi connectivity index (χ0v) is 17.7. The molecule has 0 radical (unpaired) electrons. The van der Waals surface area contributed by atoms with E-state index in [-0.39, 0.29) is 23.0 Å². The van der Waals surface area contributed by atoms with Crippen molar-refractivity contribution in [3.8, 4) is 0 Å². The first-order valence-corrected chi connectivity index (χ1v) is 10.7. The predicted octanol–water partition coefficient (Wildman–Crippen LogP) is 4.45. The Balaban J connectivity index is 2.24.